The van der Waals surface area contributed by atoms with Gasteiger partial charge in [0.05, 0.1) is 19.8 Å². The van der Waals surface area contributed by atoms with Crippen LogP contribution in [0.25, 0.3) is 0 Å². The normalized spacial score (nSPS) is 11.6. The van der Waals surface area contributed by atoms with Gasteiger partial charge in [-0.1, -0.05) is 5.21 Å². The SMILES string of the molecule is CCOC(=O)c1c(C(F)(F)F)nnn1CCOC. The summed E-state index contributed by atoms with van der Waals surface area (Å²) < 4.78 is 48.0. The maximum Gasteiger partial charge on any atom is 0.437 e. The number of hydrogen-bond acceptors (Lipinski definition) is 5. The third-order valence-corrected chi connectivity index (χ3v) is 1.98. The molecule has 0 bridgehead atoms. The number of hydrogen-bond donors (Lipinski definition) is 0. The van der Waals surface area contributed by atoms with Crippen LogP contribution in [-0.2, 0) is 22.2 Å². The van der Waals surface area contributed by atoms with Crippen LogP contribution in [0.5, 0.6) is 0 Å². The van der Waals surface area contributed by atoms with E-state index in [2.05, 4.69) is 15.0 Å². The topological polar surface area (TPSA) is 66.2 Å². The Hall–Kier alpha value is -1.64. The first-order valence-electron chi connectivity index (χ1n) is 5.08. The largest absolute Gasteiger partial charge is 0.461 e. The second-order valence-electron chi connectivity index (χ2n) is 3.22. The second kappa shape index (κ2) is 5.80. The van der Waals surface area contributed by atoms with Gasteiger partial charge in [0.25, 0.3) is 0 Å². The summed E-state index contributed by atoms with van der Waals surface area (Å²) in [7, 11) is 1.38. The minimum atomic E-state index is -4.76. The van der Waals surface area contributed by atoms with Crippen molar-refractivity contribution in [3.05, 3.63) is 11.4 Å². The maximum atomic E-state index is 12.6. The van der Waals surface area contributed by atoms with Gasteiger partial charge >= 0.3 is 12.1 Å². The van der Waals surface area contributed by atoms with E-state index in [4.69, 9.17) is 4.74 Å². The molecule has 0 unspecified atom stereocenters. The van der Waals surface area contributed by atoms with Gasteiger partial charge in [0, 0.05) is 7.11 Å². The minimum Gasteiger partial charge on any atom is -0.461 e. The number of halogens is 3. The van der Waals surface area contributed by atoms with Crippen LogP contribution in [0.3, 0.4) is 0 Å². The molecule has 102 valence electrons. The monoisotopic (exact) mass is 267 g/mol. The van der Waals surface area contributed by atoms with Crippen molar-refractivity contribution in [1.29, 1.82) is 0 Å². The zero-order valence-electron chi connectivity index (χ0n) is 9.82. The molecule has 18 heavy (non-hydrogen) atoms. The van der Waals surface area contributed by atoms with Gasteiger partial charge < -0.3 is 9.47 Å². The van der Waals surface area contributed by atoms with E-state index >= 15 is 0 Å². The fourth-order valence-corrected chi connectivity index (χ4v) is 1.24. The van der Waals surface area contributed by atoms with Crippen LogP contribution in [0.15, 0.2) is 0 Å². The smallest absolute Gasteiger partial charge is 0.437 e. The van der Waals surface area contributed by atoms with Crippen molar-refractivity contribution in [3.63, 3.8) is 0 Å². The summed E-state index contributed by atoms with van der Waals surface area (Å²) in [5.74, 6) is -1.11. The highest BCUT2D eigenvalue weighted by atomic mass is 19.4. The Labute approximate surface area is 101 Å². The Morgan fingerprint density at radius 2 is 2.11 bits per heavy atom. The molecule has 1 aromatic heterocycles. The van der Waals surface area contributed by atoms with Crippen molar-refractivity contribution >= 4 is 5.97 Å². The molecule has 0 atom stereocenters. The van der Waals surface area contributed by atoms with Crippen molar-refractivity contribution in [2.24, 2.45) is 0 Å². The zero-order chi connectivity index (χ0) is 13.8. The number of aromatic nitrogens is 3. The summed E-state index contributed by atoms with van der Waals surface area (Å²) in [5.41, 5.74) is -2.06. The Balaban J connectivity index is 3.13. The predicted octanol–water partition coefficient (Wildman–Crippen LogP) is 1.12. The van der Waals surface area contributed by atoms with Crippen molar-refractivity contribution in [2.45, 2.75) is 19.6 Å². The molecule has 0 radical (unpaired) electrons. The Morgan fingerprint density at radius 3 is 2.61 bits per heavy atom. The molecule has 0 saturated carbocycles. The average molecular weight is 267 g/mol. The summed E-state index contributed by atoms with van der Waals surface area (Å²) >= 11 is 0. The first-order chi connectivity index (χ1) is 8.41. The number of nitrogens with zero attached hydrogens (tertiary/aromatic N) is 3. The molecule has 1 rings (SSSR count). The summed E-state index contributed by atoms with van der Waals surface area (Å²) in [4.78, 5) is 11.5. The third kappa shape index (κ3) is 3.19. The van der Waals surface area contributed by atoms with Gasteiger partial charge in [-0.25, -0.2) is 9.48 Å². The lowest BCUT2D eigenvalue weighted by Crippen LogP contribution is -2.20. The first-order valence-corrected chi connectivity index (χ1v) is 5.08. The molecule has 0 fully saturated rings. The molecule has 1 heterocycles. The Kier molecular flexibility index (Phi) is 4.65. The fourth-order valence-electron chi connectivity index (χ4n) is 1.24. The van der Waals surface area contributed by atoms with E-state index in [9.17, 15) is 18.0 Å². The zero-order valence-corrected chi connectivity index (χ0v) is 9.82. The van der Waals surface area contributed by atoms with E-state index in [-0.39, 0.29) is 19.8 Å². The van der Waals surface area contributed by atoms with Gasteiger partial charge in [0.15, 0.2) is 5.69 Å². The van der Waals surface area contributed by atoms with E-state index in [1.54, 1.807) is 0 Å². The number of carbonyl (C=O) groups excluding carboxylic acids is 1. The molecular formula is C9H12F3N3O3. The van der Waals surface area contributed by atoms with Gasteiger partial charge in [0.1, 0.15) is 0 Å². The highest BCUT2D eigenvalue weighted by Gasteiger charge is 2.41. The molecule has 1 aromatic rings. The van der Waals surface area contributed by atoms with Crippen LogP contribution in [0.4, 0.5) is 13.2 Å². The lowest BCUT2D eigenvalue weighted by molar-refractivity contribution is -0.141. The van der Waals surface area contributed by atoms with E-state index in [1.165, 1.54) is 14.0 Å². The lowest BCUT2D eigenvalue weighted by atomic mass is 10.3. The number of methoxy groups -OCH3 is 1. The molecule has 0 aromatic carbocycles. The third-order valence-electron chi connectivity index (χ3n) is 1.98. The van der Waals surface area contributed by atoms with E-state index in [1.807, 2.05) is 0 Å². The summed E-state index contributed by atoms with van der Waals surface area (Å²) in [5, 5.41) is 6.26. The van der Waals surface area contributed by atoms with Crippen molar-refractivity contribution in [1.82, 2.24) is 15.0 Å². The first kappa shape index (κ1) is 14.4. The fraction of sp³-hybridized carbons (Fsp3) is 0.667. The van der Waals surface area contributed by atoms with E-state index < -0.39 is 23.5 Å². The van der Waals surface area contributed by atoms with Crippen LogP contribution in [0.2, 0.25) is 0 Å². The van der Waals surface area contributed by atoms with Crippen LogP contribution < -0.4 is 0 Å². The molecule has 0 aliphatic heterocycles. The summed E-state index contributed by atoms with van der Waals surface area (Å²) in [6.45, 7) is 1.54. The van der Waals surface area contributed by atoms with Crippen LogP contribution >= 0.6 is 0 Å². The van der Waals surface area contributed by atoms with Crippen molar-refractivity contribution in [3.8, 4) is 0 Å². The number of alkyl halides is 3. The number of esters is 1. The quantitative estimate of drug-likeness (QED) is 0.748. The van der Waals surface area contributed by atoms with Crippen molar-refractivity contribution in [2.75, 3.05) is 20.3 Å². The molecular weight excluding hydrogens is 255 g/mol. The van der Waals surface area contributed by atoms with Crippen LogP contribution in [0.1, 0.15) is 23.1 Å². The van der Waals surface area contributed by atoms with Gasteiger partial charge in [-0.05, 0) is 6.92 Å². The van der Waals surface area contributed by atoms with E-state index in [0.29, 0.717) is 0 Å². The van der Waals surface area contributed by atoms with Gasteiger partial charge in [-0.3, -0.25) is 0 Å². The second-order valence-corrected chi connectivity index (χ2v) is 3.22. The molecule has 0 spiro atoms. The number of rotatable bonds is 5. The maximum absolute atomic E-state index is 12.6. The Morgan fingerprint density at radius 1 is 1.44 bits per heavy atom. The number of ether oxygens (including phenoxy) is 2. The highest BCUT2D eigenvalue weighted by molar-refractivity contribution is 5.88. The van der Waals surface area contributed by atoms with Crippen molar-refractivity contribution < 1.29 is 27.4 Å². The molecule has 0 aliphatic rings. The summed E-state index contributed by atoms with van der Waals surface area (Å²) in [6.07, 6.45) is -4.76. The Bertz CT molecular complexity index is 417. The molecule has 9 heteroatoms. The minimum absolute atomic E-state index is 0.0201. The lowest BCUT2D eigenvalue weighted by Gasteiger charge is -2.08. The number of carbonyl (C=O) groups is 1. The van der Waals surface area contributed by atoms with Gasteiger partial charge in [-0.2, -0.15) is 13.2 Å². The predicted molar refractivity (Wildman–Crippen MR) is 52.9 cm³/mol. The van der Waals surface area contributed by atoms with Crippen LogP contribution in [-0.4, -0.2) is 41.3 Å². The van der Waals surface area contributed by atoms with E-state index in [0.717, 1.165) is 4.68 Å². The molecule has 0 saturated heterocycles. The molecule has 6 nitrogen and oxygen atoms in total. The average Bonchev–Trinajstić information content (AvgIpc) is 2.70. The van der Waals surface area contributed by atoms with Crippen LogP contribution in [0, 0.1) is 0 Å². The van der Waals surface area contributed by atoms with Gasteiger partial charge in [-0.15, -0.1) is 5.10 Å². The molecule has 0 aliphatic carbocycles. The molecule has 0 amide bonds. The highest BCUT2D eigenvalue weighted by Crippen LogP contribution is 2.30. The van der Waals surface area contributed by atoms with Gasteiger partial charge in [0.2, 0.25) is 5.69 Å². The summed E-state index contributed by atoms with van der Waals surface area (Å²) in [6, 6.07) is 0. The standard InChI is InChI=1S/C9H12F3N3O3/c1-3-18-8(16)6-7(9(10,11)12)13-14-15(6)4-5-17-2/h3-5H2,1-2H3. The molecule has 0 N–H and O–H groups in total.